The zero-order valence-electron chi connectivity index (χ0n) is 10.2. The van der Waals surface area contributed by atoms with Gasteiger partial charge in [0.1, 0.15) is 0 Å². The van der Waals surface area contributed by atoms with Gasteiger partial charge in [-0.3, -0.25) is 9.59 Å². The number of carboxylic acids is 1. The van der Waals surface area contributed by atoms with Gasteiger partial charge in [0.25, 0.3) is 0 Å². The highest BCUT2D eigenvalue weighted by molar-refractivity contribution is 5.86. The number of aromatic nitrogens is 2. The third-order valence-corrected chi connectivity index (χ3v) is 4.06. The Kier molecular flexibility index (Phi) is 2.85. The van der Waals surface area contributed by atoms with Crippen molar-refractivity contribution in [2.75, 3.05) is 0 Å². The summed E-state index contributed by atoms with van der Waals surface area (Å²) in [6.07, 6.45) is 7.86. The molecule has 1 aromatic heterocycles. The van der Waals surface area contributed by atoms with Crippen LogP contribution in [-0.2, 0) is 16.1 Å². The van der Waals surface area contributed by atoms with Crippen LogP contribution in [0.3, 0.4) is 0 Å². The number of H-pyrrole nitrogens is 1. The minimum Gasteiger partial charge on any atom is -0.481 e. The first-order valence-electron chi connectivity index (χ1n) is 6.33. The van der Waals surface area contributed by atoms with Gasteiger partial charge < -0.3 is 15.4 Å². The second kappa shape index (κ2) is 4.53. The fraction of sp³-hybridized carbons (Fsp3) is 0.462. The Morgan fingerprint density at radius 1 is 1.37 bits per heavy atom. The number of aliphatic carboxylic acids is 1. The zero-order chi connectivity index (χ0) is 13.4. The largest absolute Gasteiger partial charge is 0.481 e. The van der Waals surface area contributed by atoms with E-state index in [9.17, 15) is 14.7 Å². The number of nitrogens with one attached hydrogen (secondary N) is 2. The first-order valence-corrected chi connectivity index (χ1v) is 6.33. The van der Waals surface area contributed by atoms with Gasteiger partial charge in [0.15, 0.2) is 0 Å². The number of fused-ring (bicyclic) bond motifs is 2. The number of hydrogen-bond donors (Lipinski definition) is 3. The summed E-state index contributed by atoms with van der Waals surface area (Å²) >= 11 is 0. The molecule has 3 N–H and O–H groups in total. The number of aromatic amines is 1. The number of amides is 1. The first kappa shape index (κ1) is 12.0. The highest BCUT2D eigenvalue weighted by Crippen LogP contribution is 2.48. The van der Waals surface area contributed by atoms with E-state index in [1.807, 2.05) is 12.2 Å². The van der Waals surface area contributed by atoms with Crippen LogP contribution in [0.25, 0.3) is 0 Å². The minimum atomic E-state index is -0.876. The average Bonchev–Trinajstić information content (AvgIpc) is 3.10. The molecule has 0 radical (unpaired) electrons. The van der Waals surface area contributed by atoms with Crippen LogP contribution in [0.2, 0.25) is 0 Å². The maximum atomic E-state index is 12.2. The molecule has 6 heteroatoms. The summed E-state index contributed by atoms with van der Waals surface area (Å²) in [5, 5.41) is 12.1. The molecule has 2 bridgehead atoms. The molecule has 4 atom stereocenters. The highest BCUT2D eigenvalue weighted by Gasteiger charge is 2.51. The molecular weight excluding hydrogens is 246 g/mol. The molecule has 1 amide bonds. The third-order valence-electron chi connectivity index (χ3n) is 4.06. The molecular formula is C13H15N3O3. The van der Waals surface area contributed by atoms with Gasteiger partial charge in [-0.15, -0.1) is 0 Å². The van der Waals surface area contributed by atoms with E-state index in [1.54, 1.807) is 12.5 Å². The van der Waals surface area contributed by atoms with E-state index in [1.165, 1.54) is 0 Å². The second-order valence-electron chi connectivity index (χ2n) is 5.13. The Bertz CT molecular complexity index is 523. The van der Waals surface area contributed by atoms with Crippen molar-refractivity contribution >= 4 is 11.9 Å². The molecule has 6 nitrogen and oxygen atoms in total. The number of carbonyl (C=O) groups is 2. The Morgan fingerprint density at radius 3 is 2.74 bits per heavy atom. The van der Waals surface area contributed by atoms with E-state index in [2.05, 4.69) is 15.3 Å². The van der Waals surface area contributed by atoms with E-state index in [0.29, 0.717) is 6.54 Å². The van der Waals surface area contributed by atoms with E-state index in [-0.39, 0.29) is 17.7 Å². The van der Waals surface area contributed by atoms with Crippen molar-refractivity contribution < 1.29 is 14.7 Å². The molecule has 1 fully saturated rings. The van der Waals surface area contributed by atoms with Crippen molar-refractivity contribution in [2.45, 2.75) is 13.0 Å². The van der Waals surface area contributed by atoms with Crippen molar-refractivity contribution in [3.63, 3.8) is 0 Å². The van der Waals surface area contributed by atoms with E-state index < -0.39 is 17.8 Å². The van der Waals surface area contributed by atoms with Gasteiger partial charge in [0.05, 0.1) is 30.4 Å². The van der Waals surface area contributed by atoms with Crippen LogP contribution in [-0.4, -0.2) is 27.0 Å². The van der Waals surface area contributed by atoms with Crippen molar-refractivity contribution in [3.8, 4) is 0 Å². The molecule has 0 spiro atoms. The van der Waals surface area contributed by atoms with E-state index >= 15 is 0 Å². The number of carboxylic acid groups (broad SMARTS) is 1. The molecule has 3 rings (SSSR count). The number of rotatable bonds is 4. The van der Waals surface area contributed by atoms with E-state index in [0.717, 1.165) is 12.1 Å². The Labute approximate surface area is 109 Å². The van der Waals surface area contributed by atoms with Gasteiger partial charge in [0, 0.05) is 6.20 Å². The Hall–Kier alpha value is -2.11. The summed E-state index contributed by atoms with van der Waals surface area (Å²) in [6, 6.07) is 0. The fourth-order valence-corrected chi connectivity index (χ4v) is 3.20. The zero-order valence-corrected chi connectivity index (χ0v) is 10.2. The maximum absolute atomic E-state index is 12.2. The smallest absolute Gasteiger partial charge is 0.307 e. The summed E-state index contributed by atoms with van der Waals surface area (Å²) in [6.45, 7) is 0.350. The van der Waals surface area contributed by atoms with Gasteiger partial charge in [-0.25, -0.2) is 4.98 Å². The van der Waals surface area contributed by atoms with E-state index in [4.69, 9.17) is 0 Å². The topological polar surface area (TPSA) is 95.1 Å². The quantitative estimate of drug-likeness (QED) is 0.690. The molecule has 2 aliphatic carbocycles. The van der Waals surface area contributed by atoms with Crippen molar-refractivity contribution in [1.29, 1.82) is 0 Å². The number of nitrogens with zero attached hydrogens (tertiary/aromatic N) is 1. The van der Waals surface area contributed by atoms with Crippen LogP contribution in [0, 0.1) is 23.7 Å². The summed E-state index contributed by atoms with van der Waals surface area (Å²) in [4.78, 5) is 30.3. The number of hydrogen-bond acceptors (Lipinski definition) is 3. The Morgan fingerprint density at radius 2 is 2.11 bits per heavy atom. The van der Waals surface area contributed by atoms with Crippen LogP contribution < -0.4 is 5.32 Å². The SMILES string of the molecule is O=C(O)C1C2C=CC(C2)C1C(=O)NCc1cnc[nH]1. The lowest BCUT2D eigenvalue weighted by Gasteiger charge is -2.23. The molecule has 2 aliphatic rings. The lowest BCUT2D eigenvalue weighted by atomic mass is 9.82. The second-order valence-corrected chi connectivity index (χ2v) is 5.13. The molecule has 19 heavy (non-hydrogen) atoms. The summed E-state index contributed by atoms with van der Waals surface area (Å²) in [5.74, 6) is -2.03. The van der Waals surface area contributed by atoms with Gasteiger partial charge in [0.2, 0.25) is 5.91 Å². The fourth-order valence-electron chi connectivity index (χ4n) is 3.20. The van der Waals surface area contributed by atoms with Crippen LogP contribution in [0.5, 0.6) is 0 Å². The molecule has 0 aliphatic heterocycles. The monoisotopic (exact) mass is 261 g/mol. The molecule has 1 aromatic rings. The first-order chi connectivity index (χ1) is 9.16. The van der Waals surface area contributed by atoms with Gasteiger partial charge in [-0.1, -0.05) is 12.2 Å². The van der Waals surface area contributed by atoms with Crippen LogP contribution in [0.4, 0.5) is 0 Å². The molecule has 0 aromatic carbocycles. The van der Waals surface area contributed by atoms with Crippen LogP contribution in [0.1, 0.15) is 12.1 Å². The molecule has 0 saturated heterocycles. The third kappa shape index (κ3) is 2.03. The highest BCUT2D eigenvalue weighted by atomic mass is 16.4. The lowest BCUT2D eigenvalue weighted by Crippen LogP contribution is -2.39. The molecule has 4 unspecified atom stereocenters. The Balaban J connectivity index is 1.68. The normalized spacial score (nSPS) is 31.6. The lowest BCUT2D eigenvalue weighted by molar-refractivity contribution is -0.147. The van der Waals surface area contributed by atoms with Gasteiger partial charge in [-0.2, -0.15) is 0 Å². The van der Waals surface area contributed by atoms with Gasteiger partial charge >= 0.3 is 5.97 Å². The standard InChI is InChI=1S/C13H15N3O3/c17-12(15-5-9-4-14-6-16-9)10-7-1-2-8(3-7)11(10)13(18)19/h1-2,4,6-8,10-11H,3,5H2,(H,14,16)(H,15,17)(H,18,19). The molecule has 1 saturated carbocycles. The number of allylic oxidation sites excluding steroid dienone is 2. The van der Waals surface area contributed by atoms with Crippen LogP contribution in [0.15, 0.2) is 24.7 Å². The van der Waals surface area contributed by atoms with Crippen molar-refractivity contribution in [1.82, 2.24) is 15.3 Å². The predicted octanol–water partition coefficient (Wildman–Crippen LogP) is 0.549. The van der Waals surface area contributed by atoms with Crippen molar-refractivity contribution in [2.24, 2.45) is 23.7 Å². The summed E-state index contributed by atoms with van der Waals surface area (Å²) < 4.78 is 0. The maximum Gasteiger partial charge on any atom is 0.307 e. The molecule has 1 heterocycles. The molecule has 100 valence electrons. The van der Waals surface area contributed by atoms with Crippen molar-refractivity contribution in [3.05, 3.63) is 30.4 Å². The minimum absolute atomic E-state index is 0.00500. The number of carbonyl (C=O) groups excluding carboxylic acids is 1. The summed E-state index contributed by atoms with van der Waals surface area (Å²) in [7, 11) is 0. The van der Waals surface area contributed by atoms with Crippen LogP contribution >= 0.6 is 0 Å². The predicted molar refractivity (Wildman–Crippen MR) is 65.8 cm³/mol. The summed E-state index contributed by atoms with van der Waals surface area (Å²) in [5.41, 5.74) is 0.805. The number of imidazole rings is 1. The average molecular weight is 261 g/mol. The van der Waals surface area contributed by atoms with Gasteiger partial charge in [-0.05, 0) is 18.3 Å².